The number of primary amides is 1. The van der Waals surface area contributed by atoms with E-state index in [1.165, 1.54) is 31.4 Å². The fourth-order valence-corrected chi connectivity index (χ4v) is 2.53. The number of nitrogens with zero attached hydrogens (tertiary/aromatic N) is 1. The highest BCUT2D eigenvalue weighted by Gasteiger charge is 2.20. The van der Waals surface area contributed by atoms with Gasteiger partial charge in [-0.1, -0.05) is 13.0 Å². The number of carbonyl (C=O) groups excluding carboxylic acids is 2. The molecule has 0 aliphatic heterocycles. The van der Waals surface area contributed by atoms with E-state index in [0.29, 0.717) is 16.5 Å². The molecule has 1 aromatic heterocycles. The van der Waals surface area contributed by atoms with Crippen molar-refractivity contribution in [1.82, 2.24) is 4.98 Å². The van der Waals surface area contributed by atoms with Crippen molar-refractivity contribution in [2.24, 2.45) is 11.7 Å². The quantitative estimate of drug-likeness (QED) is 0.449. The number of carbonyl (C=O) groups is 2. The molecule has 1 amide bonds. The fraction of sp³-hybridized carbons (Fsp3) is 0.400. The maximum absolute atomic E-state index is 11.2. The van der Waals surface area contributed by atoms with Crippen LogP contribution in [0, 0.1) is 5.92 Å². The predicted molar refractivity (Wildman–Crippen MR) is 85.4 cm³/mol. The molecule has 7 heteroatoms. The van der Waals surface area contributed by atoms with E-state index in [1.807, 2.05) is 6.92 Å². The molecule has 1 rings (SSSR count). The SMILES string of the molecule is CO/C(=C/C(N)=O)[C@H](C)[C@H](/C=C/c1csc(C(C)=O)n1)OC. The summed E-state index contributed by atoms with van der Waals surface area (Å²) >= 11 is 1.29. The summed E-state index contributed by atoms with van der Waals surface area (Å²) in [4.78, 5) is 26.4. The summed E-state index contributed by atoms with van der Waals surface area (Å²) in [5.74, 6) is -0.406. The number of aromatic nitrogens is 1. The number of ether oxygens (including phenoxy) is 2. The van der Waals surface area contributed by atoms with Crippen LogP contribution in [0.15, 0.2) is 23.3 Å². The van der Waals surface area contributed by atoms with Gasteiger partial charge in [0.1, 0.15) is 5.76 Å². The number of thiazole rings is 1. The van der Waals surface area contributed by atoms with Crippen molar-refractivity contribution in [3.8, 4) is 0 Å². The van der Waals surface area contributed by atoms with Crippen LogP contribution in [0.3, 0.4) is 0 Å². The molecule has 1 heterocycles. The van der Waals surface area contributed by atoms with E-state index in [1.54, 1.807) is 24.6 Å². The van der Waals surface area contributed by atoms with E-state index >= 15 is 0 Å². The zero-order valence-corrected chi connectivity index (χ0v) is 13.8. The number of amides is 1. The first kappa shape index (κ1) is 18.1. The van der Waals surface area contributed by atoms with Crippen molar-refractivity contribution in [3.63, 3.8) is 0 Å². The Morgan fingerprint density at radius 3 is 2.55 bits per heavy atom. The molecule has 22 heavy (non-hydrogen) atoms. The monoisotopic (exact) mass is 324 g/mol. The fourth-order valence-electron chi connectivity index (χ4n) is 1.85. The van der Waals surface area contributed by atoms with Crippen LogP contribution in [0.4, 0.5) is 0 Å². The van der Waals surface area contributed by atoms with Crippen LogP contribution in [0.2, 0.25) is 0 Å². The normalized spacial score (nSPS) is 14.8. The third-order valence-electron chi connectivity index (χ3n) is 3.01. The number of hydrogen-bond donors (Lipinski definition) is 1. The van der Waals surface area contributed by atoms with Crippen LogP contribution < -0.4 is 5.73 Å². The molecular weight excluding hydrogens is 304 g/mol. The number of hydrogen-bond acceptors (Lipinski definition) is 6. The highest BCUT2D eigenvalue weighted by Crippen LogP contribution is 2.20. The second-order valence-corrected chi connectivity index (χ2v) is 5.49. The summed E-state index contributed by atoms with van der Waals surface area (Å²) in [6.45, 7) is 3.34. The van der Waals surface area contributed by atoms with Crippen LogP contribution in [-0.4, -0.2) is 37.0 Å². The molecule has 0 saturated heterocycles. The molecule has 6 nitrogen and oxygen atoms in total. The molecule has 0 aliphatic rings. The summed E-state index contributed by atoms with van der Waals surface area (Å²) in [6, 6.07) is 0. The summed E-state index contributed by atoms with van der Waals surface area (Å²) < 4.78 is 10.6. The third-order valence-corrected chi connectivity index (χ3v) is 3.98. The van der Waals surface area contributed by atoms with Crippen molar-refractivity contribution >= 4 is 29.1 Å². The Morgan fingerprint density at radius 1 is 1.41 bits per heavy atom. The van der Waals surface area contributed by atoms with E-state index < -0.39 is 5.91 Å². The van der Waals surface area contributed by atoms with Crippen LogP contribution >= 0.6 is 11.3 Å². The Balaban J connectivity index is 2.88. The van der Waals surface area contributed by atoms with Gasteiger partial charge in [-0.05, 0) is 6.08 Å². The number of rotatable bonds is 8. The topological polar surface area (TPSA) is 91.5 Å². The van der Waals surface area contributed by atoms with Crippen molar-refractivity contribution in [2.45, 2.75) is 20.0 Å². The Labute approximate surface area is 133 Å². The molecular formula is C15H20N2O4S. The summed E-state index contributed by atoms with van der Waals surface area (Å²) in [7, 11) is 3.03. The van der Waals surface area contributed by atoms with Gasteiger partial charge in [0.05, 0.1) is 18.9 Å². The summed E-state index contributed by atoms with van der Waals surface area (Å²) in [5, 5.41) is 2.26. The Morgan fingerprint density at radius 2 is 2.09 bits per heavy atom. The van der Waals surface area contributed by atoms with Gasteiger partial charge in [0.25, 0.3) is 0 Å². The molecule has 2 atom stereocenters. The van der Waals surface area contributed by atoms with E-state index in [0.717, 1.165) is 0 Å². The molecule has 0 spiro atoms. The van der Waals surface area contributed by atoms with Crippen molar-refractivity contribution in [3.05, 3.63) is 34.0 Å². The van der Waals surface area contributed by atoms with Crippen LogP contribution in [0.5, 0.6) is 0 Å². The van der Waals surface area contributed by atoms with Gasteiger partial charge in [-0.2, -0.15) is 0 Å². The molecule has 120 valence electrons. The lowest BCUT2D eigenvalue weighted by Gasteiger charge is -2.21. The first-order valence-corrected chi connectivity index (χ1v) is 7.49. The van der Waals surface area contributed by atoms with E-state index in [2.05, 4.69) is 4.98 Å². The minimum absolute atomic E-state index is 0.0626. The Bertz CT molecular complexity index is 592. The molecule has 0 fully saturated rings. The number of ketones is 1. The molecule has 1 aromatic rings. The van der Waals surface area contributed by atoms with Gasteiger partial charge in [0, 0.05) is 31.4 Å². The van der Waals surface area contributed by atoms with Gasteiger partial charge in [0.2, 0.25) is 5.91 Å². The zero-order chi connectivity index (χ0) is 16.7. The van der Waals surface area contributed by atoms with Gasteiger partial charge in [-0.3, -0.25) is 9.59 Å². The average molecular weight is 324 g/mol. The largest absolute Gasteiger partial charge is 0.501 e. The van der Waals surface area contributed by atoms with Gasteiger partial charge < -0.3 is 15.2 Å². The highest BCUT2D eigenvalue weighted by molar-refractivity contribution is 7.11. The molecule has 0 aromatic carbocycles. The van der Waals surface area contributed by atoms with E-state index in [-0.39, 0.29) is 17.8 Å². The van der Waals surface area contributed by atoms with Crippen molar-refractivity contribution in [2.75, 3.05) is 14.2 Å². The lowest BCUT2D eigenvalue weighted by atomic mass is 10.0. The van der Waals surface area contributed by atoms with E-state index in [4.69, 9.17) is 15.2 Å². The van der Waals surface area contributed by atoms with Crippen molar-refractivity contribution in [1.29, 1.82) is 0 Å². The molecule has 0 bridgehead atoms. The minimum atomic E-state index is -0.576. The highest BCUT2D eigenvalue weighted by atomic mass is 32.1. The molecule has 0 unspecified atom stereocenters. The average Bonchev–Trinajstić information content (AvgIpc) is 2.94. The third kappa shape index (κ3) is 5.09. The van der Waals surface area contributed by atoms with Crippen LogP contribution in [0.25, 0.3) is 6.08 Å². The molecule has 0 radical (unpaired) electrons. The van der Waals surface area contributed by atoms with E-state index in [9.17, 15) is 9.59 Å². The Hall–Kier alpha value is -1.99. The van der Waals surface area contributed by atoms with Gasteiger partial charge >= 0.3 is 0 Å². The lowest BCUT2D eigenvalue weighted by molar-refractivity contribution is -0.113. The standard InChI is InChI=1S/C15H20N2O4S/c1-9(13(21-4)7-14(16)19)12(20-3)6-5-11-8-22-15(17-11)10(2)18/h5-9,12H,1-4H3,(H2,16,19)/b6-5+,13-7+/t9-,12+/m1/s1. The molecule has 0 saturated carbocycles. The zero-order valence-electron chi connectivity index (χ0n) is 13.0. The minimum Gasteiger partial charge on any atom is -0.501 e. The maximum Gasteiger partial charge on any atom is 0.244 e. The van der Waals surface area contributed by atoms with Gasteiger partial charge in [0.15, 0.2) is 10.8 Å². The number of nitrogens with two attached hydrogens (primary N) is 1. The molecule has 0 aliphatic carbocycles. The second kappa shape index (κ2) is 8.45. The molecule has 2 N–H and O–H groups in total. The predicted octanol–water partition coefficient (Wildman–Crippen LogP) is 2.03. The summed E-state index contributed by atoms with van der Waals surface area (Å²) in [6.07, 6.45) is 4.48. The first-order valence-electron chi connectivity index (χ1n) is 6.61. The maximum atomic E-state index is 11.2. The van der Waals surface area contributed by atoms with Gasteiger partial charge in [-0.25, -0.2) is 4.98 Å². The van der Waals surface area contributed by atoms with Crippen molar-refractivity contribution < 1.29 is 19.1 Å². The smallest absolute Gasteiger partial charge is 0.244 e. The van der Waals surface area contributed by atoms with Gasteiger partial charge in [-0.15, -0.1) is 11.3 Å². The second-order valence-electron chi connectivity index (χ2n) is 4.64. The first-order chi connectivity index (χ1) is 10.4. The lowest BCUT2D eigenvalue weighted by Crippen LogP contribution is -2.22. The van der Waals surface area contributed by atoms with Crippen LogP contribution in [0.1, 0.15) is 29.3 Å². The number of methoxy groups -OCH3 is 2. The Kier molecular flexibility index (Phi) is 6.94. The summed E-state index contributed by atoms with van der Waals surface area (Å²) in [5.41, 5.74) is 5.83. The van der Waals surface area contributed by atoms with Crippen LogP contribution in [-0.2, 0) is 14.3 Å². The number of Topliss-reactive ketones (excluding diaryl/α,β-unsaturated/α-hetero) is 1.